The molecule has 100 valence electrons. The first-order valence-electron chi connectivity index (χ1n) is 5.83. The minimum absolute atomic E-state index is 0.0604. The van der Waals surface area contributed by atoms with Gasteiger partial charge in [-0.25, -0.2) is 4.39 Å². The number of hydrogen-bond donors (Lipinski definition) is 2. The highest BCUT2D eigenvalue weighted by Gasteiger charge is 2.12. The number of ether oxygens (including phenoxy) is 1. The summed E-state index contributed by atoms with van der Waals surface area (Å²) in [6, 6.07) is 4.01. The number of rotatable bonds is 6. The van der Waals surface area contributed by atoms with Crippen LogP contribution in [0.2, 0.25) is 0 Å². The van der Waals surface area contributed by atoms with Crippen LogP contribution in [0.5, 0.6) is 5.75 Å². The summed E-state index contributed by atoms with van der Waals surface area (Å²) in [7, 11) is 1.37. The second kappa shape index (κ2) is 6.96. The molecule has 1 unspecified atom stereocenters. The molecule has 1 amide bonds. The fourth-order valence-electron chi connectivity index (χ4n) is 1.58. The van der Waals surface area contributed by atoms with Crippen molar-refractivity contribution < 1.29 is 19.0 Å². The van der Waals surface area contributed by atoms with Crippen LogP contribution in [0.15, 0.2) is 18.2 Å². The van der Waals surface area contributed by atoms with Gasteiger partial charge in [0.2, 0.25) is 0 Å². The van der Waals surface area contributed by atoms with Gasteiger partial charge in [-0.05, 0) is 38.0 Å². The molecule has 1 aromatic rings. The summed E-state index contributed by atoms with van der Waals surface area (Å²) in [6.45, 7) is 1.94. The van der Waals surface area contributed by atoms with Crippen molar-refractivity contribution in [3.05, 3.63) is 29.6 Å². The van der Waals surface area contributed by atoms with Crippen LogP contribution in [0, 0.1) is 5.82 Å². The van der Waals surface area contributed by atoms with Gasteiger partial charge < -0.3 is 15.2 Å². The highest BCUT2D eigenvalue weighted by atomic mass is 19.1. The number of hydrogen-bond acceptors (Lipinski definition) is 3. The number of benzene rings is 1. The van der Waals surface area contributed by atoms with Gasteiger partial charge in [-0.1, -0.05) is 0 Å². The van der Waals surface area contributed by atoms with Gasteiger partial charge in [0.15, 0.2) is 11.6 Å². The van der Waals surface area contributed by atoms with Crippen molar-refractivity contribution >= 4 is 5.91 Å². The third kappa shape index (κ3) is 4.00. The van der Waals surface area contributed by atoms with E-state index in [9.17, 15) is 9.18 Å². The van der Waals surface area contributed by atoms with Gasteiger partial charge in [-0.15, -0.1) is 0 Å². The zero-order valence-electron chi connectivity index (χ0n) is 10.6. The SMILES string of the molecule is COc1ccc(C(=O)NC(C)CCCO)cc1F. The minimum Gasteiger partial charge on any atom is -0.494 e. The molecule has 0 fully saturated rings. The maximum Gasteiger partial charge on any atom is 0.251 e. The summed E-state index contributed by atoms with van der Waals surface area (Å²) in [4.78, 5) is 11.8. The van der Waals surface area contributed by atoms with E-state index >= 15 is 0 Å². The molecular formula is C13H18FNO3. The molecule has 1 rings (SSSR count). The maximum atomic E-state index is 13.4. The van der Waals surface area contributed by atoms with Crippen molar-refractivity contribution in [1.82, 2.24) is 5.32 Å². The molecule has 0 aromatic heterocycles. The fraction of sp³-hybridized carbons (Fsp3) is 0.462. The molecule has 0 spiro atoms. The summed E-state index contributed by atoms with van der Waals surface area (Å²) < 4.78 is 18.2. The second-order valence-corrected chi connectivity index (χ2v) is 4.09. The average Bonchev–Trinajstić information content (AvgIpc) is 2.36. The molecule has 1 aromatic carbocycles. The lowest BCUT2D eigenvalue weighted by Crippen LogP contribution is -2.32. The number of carbonyl (C=O) groups excluding carboxylic acids is 1. The third-order valence-electron chi connectivity index (χ3n) is 2.59. The van der Waals surface area contributed by atoms with Gasteiger partial charge in [0.1, 0.15) is 0 Å². The largest absolute Gasteiger partial charge is 0.494 e. The van der Waals surface area contributed by atoms with Gasteiger partial charge >= 0.3 is 0 Å². The van der Waals surface area contributed by atoms with Crippen molar-refractivity contribution in [2.45, 2.75) is 25.8 Å². The lowest BCUT2D eigenvalue weighted by molar-refractivity contribution is 0.0936. The molecule has 5 heteroatoms. The summed E-state index contributed by atoms with van der Waals surface area (Å²) in [5.41, 5.74) is 0.254. The lowest BCUT2D eigenvalue weighted by atomic mass is 10.1. The van der Waals surface area contributed by atoms with E-state index in [0.717, 1.165) is 6.07 Å². The Bertz CT molecular complexity index is 409. The Kier molecular flexibility index (Phi) is 5.58. The Labute approximate surface area is 106 Å². The van der Waals surface area contributed by atoms with Crippen molar-refractivity contribution in [2.24, 2.45) is 0 Å². The summed E-state index contributed by atoms with van der Waals surface area (Å²) in [6.07, 6.45) is 1.30. The first-order valence-corrected chi connectivity index (χ1v) is 5.83. The molecule has 1 atom stereocenters. The van der Waals surface area contributed by atoms with Crippen LogP contribution in [-0.4, -0.2) is 30.8 Å². The normalized spacial score (nSPS) is 12.0. The number of halogens is 1. The molecule has 0 saturated carbocycles. The van der Waals surface area contributed by atoms with Gasteiger partial charge in [-0.2, -0.15) is 0 Å². The van der Waals surface area contributed by atoms with E-state index in [1.54, 1.807) is 0 Å². The highest BCUT2D eigenvalue weighted by Crippen LogP contribution is 2.17. The van der Waals surface area contributed by atoms with Crippen LogP contribution in [0.4, 0.5) is 4.39 Å². The van der Waals surface area contributed by atoms with E-state index in [1.807, 2.05) is 6.92 Å². The van der Waals surface area contributed by atoms with Crippen molar-refractivity contribution in [3.8, 4) is 5.75 Å². The van der Waals surface area contributed by atoms with Crippen LogP contribution in [0.25, 0.3) is 0 Å². The Morgan fingerprint density at radius 2 is 2.28 bits per heavy atom. The molecule has 0 bridgehead atoms. The number of aliphatic hydroxyl groups is 1. The highest BCUT2D eigenvalue weighted by molar-refractivity contribution is 5.94. The Morgan fingerprint density at radius 3 is 2.83 bits per heavy atom. The molecule has 0 heterocycles. The maximum absolute atomic E-state index is 13.4. The van der Waals surface area contributed by atoms with Crippen LogP contribution >= 0.6 is 0 Å². The van der Waals surface area contributed by atoms with Gasteiger partial charge in [0.25, 0.3) is 5.91 Å². The van der Waals surface area contributed by atoms with Crippen LogP contribution in [-0.2, 0) is 0 Å². The molecule has 4 nitrogen and oxygen atoms in total. The van der Waals surface area contributed by atoms with E-state index in [4.69, 9.17) is 9.84 Å². The summed E-state index contributed by atoms with van der Waals surface area (Å²) >= 11 is 0. The predicted octanol–water partition coefficient (Wildman–Crippen LogP) is 1.73. The van der Waals surface area contributed by atoms with Crippen molar-refractivity contribution in [2.75, 3.05) is 13.7 Å². The molecule has 0 saturated heterocycles. The summed E-state index contributed by atoms with van der Waals surface area (Å²) in [5, 5.41) is 11.4. The van der Waals surface area contributed by atoms with Crippen molar-refractivity contribution in [3.63, 3.8) is 0 Å². The van der Waals surface area contributed by atoms with E-state index in [1.165, 1.54) is 19.2 Å². The first-order chi connectivity index (χ1) is 8.58. The minimum atomic E-state index is -0.562. The third-order valence-corrected chi connectivity index (χ3v) is 2.59. The average molecular weight is 255 g/mol. The molecule has 0 aliphatic carbocycles. The van der Waals surface area contributed by atoms with Gasteiger partial charge in [-0.3, -0.25) is 4.79 Å². The fourth-order valence-corrected chi connectivity index (χ4v) is 1.58. The van der Waals surface area contributed by atoms with Crippen molar-refractivity contribution in [1.29, 1.82) is 0 Å². The second-order valence-electron chi connectivity index (χ2n) is 4.09. The predicted molar refractivity (Wildman–Crippen MR) is 66.2 cm³/mol. The van der Waals surface area contributed by atoms with Gasteiger partial charge in [0, 0.05) is 18.2 Å². The van der Waals surface area contributed by atoms with E-state index in [0.29, 0.717) is 12.8 Å². The number of methoxy groups -OCH3 is 1. The molecule has 0 aliphatic heterocycles. The van der Waals surface area contributed by atoms with Crippen LogP contribution in [0.1, 0.15) is 30.1 Å². The zero-order valence-corrected chi connectivity index (χ0v) is 10.6. The van der Waals surface area contributed by atoms with E-state index < -0.39 is 5.82 Å². The summed E-state index contributed by atoms with van der Waals surface area (Å²) in [5.74, 6) is -0.782. The topological polar surface area (TPSA) is 58.6 Å². The number of nitrogens with one attached hydrogen (secondary N) is 1. The standard InChI is InChI=1S/C13H18FNO3/c1-9(4-3-7-16)15-13(17)10-5-6-12(18-2)11(14)8-10/h5-6,8-9,16H,3-4,7H2,1-2H3,(H,15,17). The van der Waals surface area contributed by atoms with Crippen LogP contribution in [0.3, 0.4) is 0 Å². The molecule has 0 radical (unpaired) electrons. The molecule has 18 heavy (non-hydrogen) atoms. The lowest BCUT2D eigenvalue weighted by Gasteiger charge is -2.13. The zero-order chi connectivity index (χ0) is 13.5. The Morgan fingerprint density at radius 1 is 1.56 bits per heavy atom. The molecule has 2 N–H and O–H groups in total. The van der Waals surface area contributed by atoms with E-state index in [2.05, 4.69) is 5.32 Å². The van der Waals surface area contributed by atoms with Gasteiger partial charge in [0.05, 0.1) is 7.11 Å². The monoisotopic (exact) mass is 255 g/mol. The first kappa shape index (κ1) is 14.4. The number of carbonyl (C=O) groups is 1. The Hall–Kier alpha value is -1.62. The van der Waals surface area contributed by atoms with E-state index in [-0.39, 0.29) is 29.9 Å². The molecule has 0 aliphatic rings. The number of aliphatic hydroxyl groups excluding tert-OH is 1. The Balaban J connectivity index is 2.64. The van der Waals surface area contributed by atoms with Crippen LogP contribution < -0.4 is 10.1 Å². The quantitative estimate of drug-likeness (QED) is 0.813. The smallest absolute Gasteiger partial charge is 0.251 e. The number of amides is 1. The molecular weight excluding hydrogens is 237 g/mol.